The molecule has 0 bridgehead atoms. The van der Waals surface area contributed by atoms with Crippen molar-refractivity contribution in [1.29, 1.82) is 0 Å². The van der Waals surface area contributed by atoms with Gasteiger partial charge in [0.05, 0.1) is 93.5 Å². The Morgan fingerprint density at radius 3 is 1.98 bits per heavy atom. The molecule has 52 heteroatoms. The second kappa shape index (κ2) is 46.6. The molecule has 3 fully saturated rings. The summed E-state index contributed by atoms with van der Waals surface area (Å²) in [6, 6.07) is -10.3. The number of aliphatic hydroxyl groups is 13. The number of H-pyrrole nitrogens is 1. The minimum atomic E-state index is -2.28. The van der Waals surface area contributed by atoms with E-state index >= 15 is 9.59 Å². The van der Waals surface area contributed by atoms with Gasteiger partial charge in [-0.25, -0.2) is 29.7 Å². The summed E-state index contributed by atoms with van der Waals surface area (Å²) < 4.78 is 40.4. The summed E-state index contributed by atoms with van der Waals surface area (Å²) in [4.78, 5) is 147. The average molecular weight is 1750 g/mol. The van der Waals surface area contributed by atoms with Crippen LogP contribution in [0.25, 0.3) is 10.7 Å². The molecular weight excluding hydrogens is 1640 g/mol. The van der Waals surface area contributed by atoms with Crippen molar-refractivity contribution in [3.8, 4) is 10.7 Å². The average Bonchev–Trinajstić information content (AvgIpc) is 0.911. The summed E-state index contributed by atoms with van der Waals surface area (Å²) in [5.74, 6) is -8.77. The molecule has 4 aromatic rings. The molecule has 7 rings (SSSR count). The Hall–Kier alpha value is -8.58. The minimum absolute atomic E-state index is 0.0111. The van der Waals surface area contributed by atoms with Crippen LogP contribution >= 0.6 is 22.7 Å². The van der Waals surface area contributed by atoms with Crippen LogP contribution in [0, 0.1) is 6.92 Å². The zero-order valence-electron chi connectivity index (χ0n) is 65.5. The quantitative estimate of drug-likeness (QED) is 0.0144. The first-order valence-corrected chi connectivity index (χ1v) is 39.6. The van der Waals surface area contributed by atoms with Crippen molar-refractivity contribution in [3.05, 3.63) is 56.8 Å². The van der Waals surface area contributed by atoms with Gasteiger partial charge in [-0.05, 0) is 53.5 Å². The minimum Gasteiger partial charge on any atom is -0.441 e. The van der Waals surface area contributed by atoms with Crippen LogP contribution in [0.3, 0.4) is 0 Å². The standard InChI is InChI=1S/C68H109N21O29S2/c1-25-42(85-57(87-55(25)73)31(16-38(71)96)79-18-30(70)56(74)106)59(108)86-44(52(32-19-76-24-80-32)115-67-54(48(102)45(99)36(20-92)114-67)116-66-50(104)53(117-68(75)111)46(100)37(21-93)113-66)61(110)81-26(2)35(95)17-40(98)84-43(27(3)94)60(109)88-62(118-65-49(103)47(101)41(72)28(4)112-65)51(105)64-83-34(23-120-64)63-82-33(22-119-63)58(107)78-8-5-7-29(69)15-39(97)77-9-6-10-89(11-13-90)12-14-91/h19,22-24,26-31,35-37,41,43-54,62,65-67,79,90-95,99-105H,5-18,20-21,69-70,72H2,1-4H3,(H2,71,96)(H2,74,106)(H2,75,111)(H,76,80)(H,77,97)(H,78,107)(H,81,110)(H,84,98)(H,86,108)(H,88,109)(H2,73,85,87)/t26-,27-,28+,29?,30+,31+,35+,36+,37-,41-,43+,44+,45-,46-,47-,48+,49-,50+,51?,52+,53+,54+,62?,65+,66-,67+/m1/s1. The first kappa shape index (κ1) is 98.5. The van der Waals surface area contributed by atoms with E-state index in [2.05, 4.69) is 67.1 Å². The summed E-state index contributed by atoms with van der Waals surface area (Å²) in [7, 11) is 0. The molecule has 7 heterocycles. The molecule has 0 spiro atoms. The molecule has 3 aliphatic rings. The summed E-state index contributed by atoms with van der Waals surface area (Å²) in [6.45, 7) is 4.12. The number of nitrogens with two attached hydrogens (primary N) is 7. The molecule has 3 aliphatic heterocycles. The Morgan fingerprint density at radius 1 is 0.683 bits per heavy atom. The number of amides is 9. The number of aromatic amines is 1. The van der Waals surface area contributed by atoms with Gasteiger partial charge in [0.25, 0.3) is 11.8 Å². The molecule has 0 saturated carbocycles. The van der Waals surface area contributed by atoms with Gasteiger partial charge in [0.1, 0.15) is 112 Å². The SMILES string of the molecule is Cc1c(N)nc([C@H](CC(N)=O)NC[C@H](N)C(N)=O)nc1C(=O)N[C@H](C(=O)N[C@H](C)[C@@H](O)CC(=O)N[C@H](C(=O)NC(O[C@@H]1O[C@@H](C)[C@@H](N)[C@@H](O)[C@H]1O)C(O)c1nc(-c2nc(C(=O)NCCCC(N)CC(=O)NCCCN(CCO)CCO)cs2)cs1)[C@@H](C)O)[C@@H](O[C@@H]1O[C@@H](CO)[C@@H](O)[C@H](O)[C@@H]1O[C@H]1O[C@H](CO)[C@@H](O)[C@H](OC(N)=O)[C@@H]1O)c1cnc[nH]1. The fraction of sp³-hybridized carbons (Fsp3) is 0.676. The van der Waals surface area contributed by atoms with Gasteiger partial charge in [0.2, 0.25) is 35.4 Å². The van der Waals surface area contributed by atoms with Crippen LogP contribution in [-0.4, -0.2) is 361 Å². The van der Waals surface area contributed by atoms with Crippen molar-refractivity contribution in [1.82, 2.24) is 72.0 Å². The molecule has 9 amide bonds. The van der Waals surface area contributed by atoms with Gasteiger partial charge in [-0.2, -0.15) is 0 Å². The first-order chi connectivity index (χ1) is 56.8. The van der Waals surface area contributed by atoms with Gasteiger partial charge >= 0.3 is 6.09 Å². The topological polar surface area (TPSA) is 831 Å². The van der Waals surface area contributed by atoms with E-state index in [1.165, 1.54) is 24.6 Å². The lowest BCUT2D eigenvalue weighted by Crippen LogP contribution is -2.65. The Kier molecular flexibility index (Phi) is 38.3. The van der Waals surface area contributed by atoms with Gasteiger partial charge in [0.15, 0.2) is 37.3 Å². The number of ether oxygens (including phenoxy) is 7. The molecule has 4 aromatic heterocycles. The number of nitrogens with zero attached hydrogens (tertiary/aromatic N) is 6. The maximum Gasteiger partial charge on any atom is 0.404 e. The number of primary amides is 3. The van der Waals surface area contributed by atoms with Crippen LogP contribution in [-0.2, 0) is 61.9 Å². The first-order valence-electron chi connectivity index (χ1n) is 37.9. The number of anilines is 1. The van der Waals surface area contributed by atoms with E-state index in [1.807, 2.05) is 4.90 Å². The number of aliphatic hydroxyl groups excluding tert-OH is 13. The monoisotopic (exact) mass is 1750 g/mol. The van der Waals surface area contributed by atoms with Crippen molar-refractivity contribution in [2.45, 2.75) is 225 Å². The third-order valence-electron chi connectivity index (χ3n) is 19.5. The normalized spacial score (nSPS) is 26.0. The van der Waals surface area contributed by atoms with E-state index in [0.29, 0.717) is 45.4 Å². The van der Waals surface area contributed by atoms with Crippen molar-refractivity contribution in [3.63, 3.8) is 0 Å². The van der Waals surface area contributed by atoms with Crippen LogP contribution in [0.2, 0.25) is 0 Å². The summed E-state index contributed by atoms with van der Waals surface area (Å²) in [6.07, 6.45) is -36.8. The summed E-state index contributed by atoms with van der Waals surface area (Å²) in [5, 5.41) is 162. The van der Waals surface area contributed by atoms with Crippen molar-refractivity contribution >= 4 is 81.8 Å². The van der Waals surface area contributed by atoms with Crippen molar-refractivity contribution < 1.29 is 143 Å². The number of nitrogen functional groups attached to an aromatic ring is 1. The van der Waals surface area contributed by atoms with Gasteiger partial charge in [-0.3, -0.25) is 43.3 Å². The van der Waals surface area contributed by atoms with Crippen LogP contribution in [0.4, 0.5) is 10.6 Å². The Labute approximate surface area is 692 Å². The Morgan fingerprint density at radius 2 is 1.35 bits per heavy atom. The van der Waals surface area contributed by atoms with E-state index in [1.54, 1.807) is 0 Å². The van der Waals surface area contributed by atoms with Crippen molar-refractivity contribution in [2.75, 3.05) is 71.4 Å². The maximum atomic E-state index is 15.3. The van der Waals surface area contributed by atoms with Gasteiger partial charge in [-0.1, -0.05) is 0 Å². The number of carbonyl (C=O) groups is 9. The Balaban J connectivity index is 1.11. The van der Waals surface area contributed by atoms with Crippen LogP contribution in [0.5, 0.6) is 0 Å². The van der Waals surface area contributed by atoms with E-state index in [0.717, 1.165) is 49.0 Å². The molecule has 672 valence electrons. The van der Waals surface area contributed by atoms with E-state index in [-0.39, 0.29) is 64.7 Å². The molecule has 0 radical (unpaired) electrons. The number of hydrogen-bond donors (Lipinski definition) is 28. The maximum absolute atomic E-state index is 15.3. The van der Waals surface area contributed by atoms with E-state index < -0.39 is 256 Å². The zero-order chi connectivity index (χ0) is 88.7. The number of nitrogens with one attached hydrogen (secondary N) is 8. The number of hydrogen-bond acceptors (Lipinski definition) is 42. The highest BCUT2D eigenvalue weighted by Crippen LogP contribution is 2.36. The third kappa shape index (κ3) is 27.2. The zero-order valence-corrected chi connectivity index (χ0v) is 67.2. The van der Waals surface area contributed by atoms with Gasteiger partial charge < -0.3 is 182 Å². The molecule has 3 saturated heterocycles. The molecular formula is C68H109N21O29S2. The largest absolute Gasteiger partial charge is 0.441 e. The lowest BCUT2D eigenvalue weighted by molar-refractivity contribution is -0.372. The lowest BCUT2D eigenvalue weighted by atomic mass is 9.97. The molecule has 26 atom stereocenters. The number of carbonyl (C=O) groups excluding carboxylic acids is 9. The number of imidazole rings is 1. The number of thiazole rings is 2. The number of rotatable bonds is 47. The third-order valence-corrected chi connectivity index (χ3v) is 21.2. The van der Waals surface area contributed by atoms with Crippen LogP contribution in [0.15, 0.2) is 23.3 Å². The highest BCUT2D eigenvalue weighted by molar-refractivity contribution is 7.14. The molecule has 0 aliphatic carbocycles. The molecule has 0 aromatic carbocycles. The fourth-order valence-electron chi connectivity index (χ4n) is 12.5. The smallest absolute Gasteiger partial charge is 0.404 e. The van der Waals surface area contributed by atoms with Gasteiger partial charge in [-0.15, -0.1) is 22.7 Å². The predicted molar refractivity (Wildman–Crippen MR) is 411 cm³/mol. The molecule has 120 heavy (non-hydrogen) atoms. The van der Waals surface area contributed by atoms with Crippen molar-refractivity contribution in [2.24, 2.45) is 34.4 Å². The van der Waals surface area contributed by atoms with Crippen LogP contribution in [0.1, 0.15) is 121 Å². The summed E-state index contributed by atoms with van der Waals surface area (Å²) in [5.41, 5.74) is 39.5. The van der Waals surface area contributed by atoms with Crippen LogP contribution < -0.4 is 77.4 Å². The fourth-order valence-corrected chi connectivity index (χ4v) is 14.2. The highest BCUT2D eigenvalue weighted by atomic mass is 32.1. The molecule has 50 nitrogen and oxygen atoms in total. The Bertz CT molecular complexity index is 3990. The van der Waals surface area contributed by atoms with E-state index in [9.17, 15) is 99.9 Å². The number of aromatic nitrogens is 6. The molecule has 35 N–H and O–H groups in total. The van der Waals surface area contributed by atoms with E-state index in [4.69, 9.17) is 73.3 Å². The molecule has 3 unspecified atom stereocenters. The second-order valence-electron chi connectivity index (χ2n) is 28.6. The van der Waals surface area contributed by atoms with Gasteiger partial charge in [0, 0.05) is 67.9 Å². The second-order valence-corrected chi connectivity index (χ2v) is 30.4. The lowest BCUT2D eigenvalue weighted by Gasteiger charge is -2.47. The highest BCUT2D eigenvalue weighted by Gasteiger charge is 2.54. The summed E-state index contributed by atoms with van der Waals surface area (Å²) >= 11 is 1.81. The predicted octanol–water partition coefficient (Wildman–Crippen LogP) is -12.3.